The standard InChI is InChI=1S/C20H20N4O2/c1-21-20(26)14-9-7-13(8-10-14)19-22-16-5-3-4-6-17(16)24(19)15-11-18(25)23(2)12-15/h3-10,15H,11-12H2,1-2H3,(H,21,26). The molecule has 6 heteroatoms. The van der Waals surface area contributed by atoms with Gasteiger partial charge in [-0.25, -0.2) is 4.98 Å². The monoisotopic (exact) mass is 348 g/mol. The Bertz CT molecular complexity index is 991. The van der Waals surface area contributed by atoms with Crippen molar-refractivity contribution in [3.8, 4) is 11.4 Å². The van der Waals surface area contributed by atoms with E-state index in [1.165, 1.54) is 0 Å². The molecule has 0 saturated carbocycles. The molecule has 0 radical (unpaired) electrons. The molecule has 6 nitrogen and oxygen atoms in total. The fraction of sp³-hybridized carbons (Fsp3) is 0.250. The van der Waals surface area contributed by atoms with Crippen molar-refractivity contribution < 1.29 is 9.59 Å². The Hall–Kier alpha value is -3.15. The second-order valence-corrected chi connectivity index (χ2v) is 6.58. The summed E-state index contributed by atoms with van der Waals surface area (Å²) in [5, 5.41) is 2.63. The van der Waals surface area contributed by atoms with Crippen LogP contribution in [0.1, 0.15) is 22.8 Å². The molecule has 0 aliphatic carbocycles. The number of nitrogens with one attached hydrogen (secondary N) is 1. The van der Waals surface area contributed by atoms with Crippen LogP contribution in [0.15, 0.2) is 48.5 Å². The predicted molar refractivity (Wildman–Crippen MR) is 99.9 cm³/mol. The minimum atomic E-state index is -0.118. The molecular weight excluding hydrogens is 328 g/mol. The molecule has 1 atom stereocenters. The lowest BCUT2D eigenvalue weighted by molar-refractivity contribution is -0.126. The van der Waals surface area contributed by atoms with E-state index in [4.69, 9.17) is 4.98 Å². The molecule has 0 spiro atoms. The minimum Gasteiger partial charge on any atom is -0.355 e. The molecule has 2 heterocycles. The summed E-state index contributed by atoms with van der Waals surface area (Å²) in [5.41, 5.74) is 3.46. The number of para-hydroxylation sites is 2. The summed E-state index contributed by atoms with van der Waals surface area (Å²) in [6, 6.07) is 15.4. The Kier molecular flexibility index (Phi) is 3.95. The molecular formula is C20H20N4O2. The Balaban J connectivity index is 1.83. The van der Waals surface area contributed by atoms with Crippen LogP contribution in [0, 0.1) is 0 Å². The number of fused-ring (bicyclic) bond motifs is 1. The number of aromatic nitrogens is 2. The highest BCUT2D eigenvalue weighted by Crippen LogP contribution is 2.33. The van der Waals surface area contributed by atoms with E-state index in [0.29, 0.717) is 18.5 Å². The van der Waals surface area contributed by atoms with Gasteiger partial charge in [0, 0.05) is 38.2 Å². The minimum absolute atomic E-state index is 0.0496. The van der Waals surface area contributed by atoms with Crippen molar-refractivity contribution in [1.29, 1.82) is 0 Å². The zero-order valence-corrected chi connectivity index (χ0v) is 14.8. The van der Waals surface area contributed by atoms with Gasteiger partial charge in [0.25, 0.3) is 5.91 Å². The second-order valence-electron chi connectivity index (χ2n) is 6.58. The predicted octanol–water partition coefficient (Wildman–Crippen LogP) is 2.47. The number of carbonyl (C=O) groups is 2. The molecule has 2 amide bonds. The molecule has 1 N–H and O–H groups in total. The first-order chi connectivity index (χ1) is 12.6. The van der Waals surface area contributed by atoms with Gasteiger partial charge in [-0.15, -0.1) is 0 Å². The summed E-state index contributed by atoms with van der Waals surface area (Å²) in [4.78, 5) is 30.4. The highest BCUT2D eigenvalue weighted by molar-refractivity contribution is 5.94. The van der Waals surface area contributed by atoms with Gasteiger partial charge >= 0.3 is 0 Å². The number of likely N-dealkylation sites (tertiary alicyclic amines) is 1. The average molecular weight is 348 g/mol. The molecule has 1 unspecified atom stereocenters. The number of likely N-dealkylation sites (N-methyl/N-ethyl adjacent to an activating group) is 1. The van der Waals surface area contributed by atoms with Crippen LogP contribution in [0.5, 0.6) is 0 Å². The maximum Gasteiger partial charge on any atom is 0.251 e. The lowest BCUT2D eigenvalue weighted by Gasteiger charge is -2.16. The van der Waals surface area contributed by atoms with Crippen LogP contribution < -0.4 is 5.32 Å². The molecule has 1 saturated heterocycles. The zero-order chi connectivity index (χ0) is 18.3. The SMILES string of the molecule is CNC(=O)c1ccc(-c2nc3ccccc3n2C2CC(=O)N(C)C2)cc1. The van der Waals surface area contributed by atoms with Gasteiger partial charge in [-0.1, -0.05) is 24.3 Å². The molecule has 1 aromatic heterocycles. The van der Waals surface area contributed by atoms with Crippen molar-refractivity contribution in [2.45, 2.75) is 12.5 Å². The van der Waals surface area contributed by atoms with Crippen molar-refractivity contribution >= 4 is 22.8 Å². The van der Waals surface area contributed by atoms with Gasteiger partial charge in [-0.05, 0) is 24.3 Å². The number of hydrogen-bond acceptors (Lipinski definition) is 3. The van der Waals surface area contributed by atoms with Crippen molar-refractivity contribution in [2.24, 2.45) is 0 Å². The molecule has 3 aromatic rings. The third kappa shape index (κ3) is 2.63. The number of hydrogen-bond donors (Lipinski definition) is 1. The van der Waals surface area contributed by atoms with Crippen LogP contribution >= 0.6 is 0 Å². The Morgan fingerprint density at radius 1 is 1.15 bits per heavy atom. The van der Waals surface area contributed by atoms with E-state index >= 15 is 0 Å². The first-order valence-corrected chi connectivity index (χ1v) is 8.62. The Morgan fingerprint density at radius 3 is 2.54 bits per heavy atom. The van der Waals surface area contributed by atoms with Crippen LogP contribution in [0.3, 0.4) is 0 Å². The summed E-state index contributed by atoms with van der Waals surface area (Å²) >= 11 is 0. The van der Waals surface area contributed by atoms with Crippen LogP contribution in [-0.4, -0.2) is 46.9 Å². The topological polar surface area (TPSA) is 67.2 Å². The van der Waals surface area contributed by atoms with Crippen molar-refractivity contribution in [3.63, 3.8) is 0 Å². The summed E-state index contributed by atoms with van der Waals surface area (Å²) in [6.45, 7) is 0.669. The number of amides is 2. The molecule has 1 fully saturated rings. The lowest BCUT2D eigenvalue weighted by atomic mass is 10.1. The third-order valence-electron chi connectivity index (χ3n) is 4.91. The van der Waals surface area contributed by atoms with Gasteiger partial charge in [0.2, 0.25) is 5.91 Å². The number of imidazole rings is 1. The lowest BCUT2D eigenvalue weighted by Crippen LogP contribution is -2.20. The average Bonchev–Trinajstić information content (AvgIpc) is 3.21. The largest absolute Gasteiger partial charge is 0.355 e. The van der Waals surface area contributed by atoms with Gasteiger partial charge in [-0.2, -0.15) is 0 Å². The van der Waals surface area contributed by atoms with Gasteiger partial charge in [0.1, 0.15) is 5.82 Å². The van der Waals surface area contributed by atoms with E-state index in [2.05, 4.69) is 9.88 Å². The first-order valence-electron chi connectivity index (χ1n) is 8.62. The van der Waals surface area contributed by atoms with Gasteiger partial charge in [-0.3, -0.25) is 9.59 Å². The third-order valence-corrected chi connectivity index (χ3v) is 4.91. The van der Waals surface area contributed by atoms with E-state index < -0.39 is 0 Å². The van der Waals surface area contributed by atoms with E-state index in [1.54, 1.807) is 24.1 Å². The van der Waals surface area contributed by atoms with Crippen LogP contribution in [0.25, 0.3) is 22.4 Å². The van der Waals surface area contributed by atoms with Crippen molar-refractivity contribution in [2.75, 3.05) is 20.6 Å². The van der Waals surface area contributed by atoms with E-state index in [1.807, 2.05) is 43.4 Å². The Morgan fingerprint density at radius 2 is 1.88 bits per heavy atom. The van der Waals surface area contributed by atoms with Crippen LogP contribution in [0.2, 0.25) is 0 Å². The summed E-state index contributed by atoms with van der Waals surface area (Å²) in [5.74, 6) is 0.851. The first kappa shape index (κ1) is 16.3. The molecule has 0 bridgehead atoms. The van der Waals surface area contributed by atoms with Gasteiger partial charge in [0.05, 0.1) is 17.1 Å². The quantitative estimate of drug-likeness (QED) is 0.791. The molecule has 26 heavy (non-hydrogen) atoms. The fourth-order valence-corrected chi connectivity index (χ4v) is 3.55. The highest BCUT2D eigenvalue weighted by atomic mass is 16.2. The van der Waals surface area contributed by atoms with E-state index in [0.717, 1.165) is 22.4 Å². The normalized spacial score (nSPS) is 17.1. The zero-order valence-electron chi connectivity index (χ0n) is 14.8. The van der Waals surface area contributed by atoms with Crippen LogP contribution in [0.4, 0.5) is 0 Å². The maximum atomic E-state index is 12.1. The van der Waals surface area contributed by atoms with Crippen LogP contribution in [-0.2, 0) is 4.79 Å². The highest BCUT2D eigenvalue weighted by Gasteiger charge is 2.31. The Labute approximate surface area is 151 Å². The van der Waals surface area contributed by atoms with Gasteiger partial charge < -0.3 is 14.8 Å². The summed E-state index contributed by atoms with van der Waals surface area (Å²) < 4.78 is 2.16. The molecule has 1 aliphatic heterocycles. The van der Waals surface area contributed by atoms with E-state index in [9.17, 15) is 9.59 Å². The fourth-order valence-electron chi connectivity index (χ4n) is 3.55. The number of carbonyl (C=O) groups excluding carboxylic acids is 2. The van der Waals surface area contributed by atoms with Gasteiger partial charge in [0.15, 0.2) is 0 Å². The maximum absolute atomic E-state index is 12.1. The molecule has 4 rings (SSSR count). The molecule has 1 aliphatic rings. The van der Waals surface area contributed by atoms with Crippen molar-refractivity contribution in [1.82, 2.24) is 19.8 Å². The summed E-state index contributed by atoms with van der Waals surface area (Å²) in [6.07, 6.45) is 0.472. The molecule has 2 aromatic carbocycles. The molecule has 132 valence electrons. The summed E-state index contributed by atoms with van der Waals surface area (Å²) in [7, 11) is 3.45. The number of rotatable bonds is 3. The smallest absolute Gasteiger partial charge is 0.251 e. The van der Waals surface area contributed by atoms with Crippen molar-refractivity contribution in [3.05, 3.63) is 54.1 Å². The number of benzene rings is 2. The second kappa shape index (κ2) is 6.29. The number of nitrogens with zero attached hydrogens (tertiary/aromatic N) is 3. The van der Waals surface area contributed by atoms with E-state index in [-0.39, 0.29) is 17.9 Å².